The van der Waals surface area contributed by atoms with Gasteiger partial charge in [-0.25, -0.2) is 8.78 Å². The highest BCUT2D eigenvalue weighted by molar-refractivity contribution is 6.34. The first-order valence-electron chi connectivity index (χ1n) is 3.87. The van der Waals surface area contributed by atoms with E-state index in [0.717, 1.165) is 0 Å². The van der Waals surface area contributed by atoms with Crippen molar-refractivity contribution >= 4 is 23.2 Å². The van der Waals surface area contributed by atoms with Gasteiger partial charge < -0.3 is 0 Å². The average molecular weight is 292 g/mol. The molecule has 0 spiro atoms. The van der Waals surface area contributed by atoms with Crippen molar-refractivity contribution in [3.05, 3.63) is 33.3 Å². The van der Waals surface area contributed by atoms with Crippen molar-refractivity contribution in [3.8, 4) is 6.07 Å². The molecule has 94 valence electrons. The average Bonchev–Trinajstić information content (AvgIpc) is 2.14. The van der Waals surface area contributed by atoms with E-state index in [9.17, 15) is 22.0 Å². The summed E-state index contributed by atoms with van der Waals surface area (Å²) in [4.78, 5) is 0. The normalized spacial score (nSPS) is 10.3. The van der Waals surface area contributed by atoms with Crippen LogP contribution in [0.25, 0.3) is 0 Å². The van der Waals surface area contributed by atoms with Crippen molar-refractivity contribution in [3.63, 3.8) is 0 Å². The fourth-order valence-electron chi connectivity index (χ4n) is 0.822. The van der Waals surface area contributed by atoms with Crippen LogP contribution in [0.15, 0.2) is 6.07 Å². The summed E-state index contributed by atoms with van der Waals surface area (Å²) in [6, 6.07) is 2.32. The maximum atomic E-state index is 12.8. The Labute approximate surface area is 103 Å². The van der Waals surface area contributed by atoms with Crippen LogP contribution >= 0.6 is 23.2 Å². The molecule has 0 aliphatic rings. The Hall–Kier alpha value is -1.06. The molecule has 0 aromatic heterocycles. The van der Waals surface area contributed by atoms with E-state index in [0.29, 0.717) is 6.07 Å². The van der Waals surface area contributed by atoms with Gasteiger partial charge in [-0.15, -0.1) is 0 Å². The van der Waals surface area contributed by atoms with Gasteiger partial charge in [-0.2, -0.15) is 18.4 Å². The molecule has 0 saturated carbocycles. The van der Waals surface area contributed by atoms with E-state index in [4.69, 9.17) is 28.5 Å². The van der Waals surface area contributed by atoms with Crippen LogP contribution in [-0.2, 0) is 6.18 Å². The predicted molar refractivity (Wildman–Crippen MR) is 52.7 cm³/mol. The number of benzene rings is 1. The fourth-order valence-corrected chi connectivity index (χ4v) is 1.29. The Morgan fingerprint density at radius 3 is 1.65 bits per heavy atom. The maximum Gasteiger partial charge on any atom is 0.422 e. The fraction of sp³-hybridized carbons (Fsp3) is 0.222. The Morgan fingerprint density at radius 2 is 1.41 bits per heavy atom. The summed E-state index contributed by atoms with van der Waals surface area (Å²) in [5.74, 6) is -3.72. The third kappa shape index (κ3) is 4.02. The summed E-state index contributed by atoms with van der Waals surface area (Å²) in [5, 5.41) is 5.58. The molecule has 0 fully saturated rings. The number of hydrogen-bond donors (Lipinski definition) is 0. The third-order valence-corrected chi connectivity index (χ3v) is 1.95. The molecule has 1 aromatic rings. The first kappa shape index (κ1) is 15.9. The van der Waals surface area contributed by atoms with Crippen LogP contribution in [0.3, 0.4) is 0 Å². The quantitative estimate of drug-likeness (QED) is 0.496. The minimum absolute atomic E-state index is 0.572. The molecule has 17 heavy (non-hydrogen) atoms. The van der Waals surface area contributed by atoms with Crippen LogP contribution < -0.4 is 0 Å². The third-order valence-electron chi connectivity index (χ3n) is 1.40. The second-order valence-corrected chi connectivity index (χ2v) is 3.38. The number of rotatable bonds is 0. The lowest BCUT2D eigenvalue weighted by Gasteiger charge is -2.10. The first-order chi connectivity index (χ1) is 7.66. The molecule has 0 bridgehead atoms. The van der Waals surface area contributed by atoms with Crippen molar-refractivity contribution in [2.75, 3.05) is 0 Å². The first-order valence-corrected chi connectivity index (χ1v) is 4.63. The van der Waals surface area contributed by atoms with Crippen molar-refractivity contribution < 1.29 is 22.0 Å². The summed E-state index contributed by atoms with van der Waals surface area (Å²) >= 11 is 10.1. The van der Waals surface area contributed by atoms with Gasteiger partial charge in [-0.3, -0.25) is 0 Å². The van der Waals surface area contributed by atoms with Crippen molar-refractivity contribution in [2.45, 2.75) is 13.1 Å². The minimum Gasteiger partial charge on any atom is -0.205 e. The molecule has 1 aromatic carbocycles. The SMILES string of the molecule is CC#N.Fc1c(Cl)cc(Cl)c(F)c1C(F)(F)F. The zero-order valence-corrected chi connectivity index (χ0v) is 9.68. The standard InChI is InChI=1S/C7HCl2F5.C2H3N/c8-2-1-3(9)6(11)4(5(2)10)7(12,13)14;1-2-3/h1H;1H3. The van der Waals surface area contributed by atoms with Crippen LogP contribution in [-0.4, -0.2) is 0 Å². The predicted octanol–water partition coefficient (Wildman–Crippen LogP) is 4.82. The van der Waals surface area contributed by atoms with Crippen molar-refractivity contribution in [1.82, 2.24) is 0 Å². The molecule has 0 atom stereocenters. The molecule has 0 radical (unpaired) electrons. The second-order valence-electron chi connectivity index (χ2n) is 2.56. The van der Waals surface area contributed by atoms with E-state index in [1.807, 2.05) is 0 Å². The monoisotopic (exact) mass is 291 g/mol. The highest BCUT2D eigenvalue weighted by atomic mass is 35.5. The maximum absolute atomic E-state index is 12.8. The summed E-state index contributed by atoms with van der Waals surface area (Å²) in [6.07, 6.45) is -5.16. The van der Waals surface area contributed by atoms with Crippen molar-refractivity contribution in [2.24, 2.45) is 0 Å². The lowest BCUT2D eigenvalue weighted by atomic mass is 10.2. The van der Waals surface area contributed by atoms with Gasteiger partial charge in [0, 0.05) is 6.92 Å². The highest BCUT2D eigenvalue weighted by Crippen LogP contribution is 2.38. The summed E-state index contributed by atoms with van der Waals surface area (Å²) < 4.78 is 61.8. The Morgan fingerprint density at radius 1 is 1.12 bits per heavy atom. The van der Waals surface area contributed by atoms with Gasteiger partial charge in [0.15, 0.2) is 11.6 Å². The second kappa shape index (κ2) is 6.03. The van der Waals surface area contributed by atoms with Gasteiger partial charge in [0.2, 0.25) is 0 Å². The molecular weight excluding hydrogens is 288 g/mol. The summed E-state index contributed by atoms with van der Waals surface area (Å²) in [7, 11) is 0. The molecule has 1 rings (SSSR count). The van der Waals surface area contributed by atoms with Gasteiger partial charge in [0.25, 0.3) is 0 Å². The lowest BCUT2D eigenvalue weighted by molar-refractivity contribution is -0.142. The van der Waals surface area contributed by atoms with Crippen molar-refractivity contribution in [1.29, 1.82) is 5.26 Å². The Bertz CT molecular complexity index is 424. The number of nitriles is 1. The molecule has 0 aliphatic heterocycles. The Balaban J connectivity index is 0.000000770. The molecule has 8 heteroatoms. The van der Waals surface area contributed by atoms with E-state index >= 15 is 0 Å². The van der Waals surface area contributed by atoms with Gasteiger partial charge >= 0.3 is 6.18 Å². The zero-order valence-electron chi connectivity index (χ0n) is 8.17. The number of nitrogens with zero attached hydrogens (tertiary/aromatic N) is 1. The molecule has 0 N–H and O–H groups in total. The van der Waals surface area contributed by atoms with Gasteiger partial charge in [-0.1, -0.05) is 23.2 Å². The van der Waals surface area contributed by atoms with Gasteiger partial charge in [0.05, 0.1) is 16.1 Å². The molecule has 1 nitrogen and oxygen atoms in total. The van der Waals surface area contributed by atoms with Gasteiger partial charge in [-0.05, 0) is 6.07 Å². The largest absolute Gasteiger partial charge is 0.422 e. The number of alkyl halides is 3. The van der Waals surface area contributed by atoms with E-state index in [-0.39, 0.29) is 0 Å². The van der Waals surface area contributed by atoms with Crippen LogP contribution in [0.2, 0.25) is 10.0 Å². The topological polar surface area (TPSA) is 23.8 Å². The van der Waals surface area contributed by atoms with Crippen LogP contribution in [0.1, 0.15) is 12.5 Å². The van der Waals surface area contributed by atoms with Crippen LogP contribution in [0, 0.1) is 23.0 Å². The molecule has 0 heterocycles. The molecule has 0 amide bonds. The number of hydrogen-bond acceptors (Lipinski definition) is 1. The highest BCUT2D eigenvalue weighted by Gasteiger charge is 2.39. The number of halogens is 7. The van der Waals surface area contributed by atoms with E-state index in [2.05, 4.69) is 0 Å². The van der Waals surface area contributed by atoms with E-state index < -0.39 is 33.4 Å². The Kier molecular flexibility index (Phi) is 5.66. The summed E-state index contributed by atoms with van der Waals surface area (Å²) in [6.45, 7) is 1.43. The molecular formula is C9H4Cl2F5N. The van der Waals surface area contributed by atoms with Crippen LogP contribution in [0.4, 0.5) is 22.0 Å². The summed E-state index contributed by atoms with van der Waals surface area (Å²) in [5.41, 5.74) is -2.07. The lowest BCUT2D eigenvalue weighted by Crippen LogP contribution is -2.12. The molecule has 0 unspecified atom stereocenters. The smallest absolute Gasteiger partial charge is 0.205 e. The van der Waals surface area contributed by atoms with Crippen LogP contribution in [0.5, 0.6) is 0 Å². The molecule has 0 saturated heterocycles. The van der Waals surface area contributed by atoms with E-state index in [1.165, 1.54) is 6.92 Å². The minimum atomic E-state index is -5.16. The molecule has 0 aliphatic carbocycles. The van der Waals surface area contributed by atoms with Gasteiger partial charge in [0.1, 0.15) is 5.56 Å². The van der Waals surface area contributed by atoms with E-state index in [1.54, 1.807) is 6.07 Å². The zero-order chi connectivity index (χ0) is 13.8.